The van der Waals surface area contributed by atoms with Crippen molar-refractivity contribution < 1.29 is 9.59 Å². The van der Waals surface area contributed by atoms with Crippen LogP contribution in [0.5, 0.6) is 0 Å². The lowest BCUT2D eigenvalue weighted by molar-refractivity contribution is -0.148. The van der Waals surface area contributed by atoms with Gasteiger partial charge in [-0.2, -0.15) is 0 Å². The molecule has 4 atom stereocenters. The van der Waals surface area contributed by atoms with Crippen molar-refractivity contribution in [3.63, 3.8) is 0 Å². The number of piperidine rings is 2. The molecule has 0 aliphatic carbocycles. The molecule has 2 fully saturated rings. The van der Waals surface area contributed by atoms with E-state index in [-0.39, 0.29) is 23.8 Å². The molecule has 4 unspecified atom stereocenters. The molecule has 0 bridgehead atoms. The van der Waals surface area contributed by atoms with Crippen LogP contribution in [0.25, 0.3) is 0 Å². The van der Waals surface area contributed by atoms with Crippen LogP contribution in [0.15, 0.2) is 17.5 Å². The second-order valence-electron chi connectivity index (χ2n) is 7.30. The zero-order chi connectivity index (χ0) is 16.6. The van der Waals surface area contributed by atoms with Gasteiger partial charge in [0.1, 0.15) is 0 Å². The first kappa shape index (κ1) is 16.5. The average Bonchev–Trinajstić information content (AvgIpc) is 3.02. The number of carbonyl (C=O) groups excluding carboxylic acids is 2. The zero-order valence-corrected chi connectivity index (χ0v) is 15.0. The van der Waals surface area contributed by atoms with Crippen molar-refractivity contribution in [1.82, 2.24) is 9.80 Å². The number of nitrogens with zero attached hydrogens (tertiary/aromatic N) is 2. The Morgan fingerprint density at radius 1 is 1.26 bits per heavy atom. The van der Waals surface area contributed by atoms with Crippen molar-refractivity contribution in [1.29, 1.82) is 0 Å². The molecule has 1 aromatic heterocycles. The van der Waals surface area contributed by atoms with Gasteiger partial charge in [0, 0.05) is 31.4 Å². The molecule has 0 aromatic carbocycles. The summed E-state index contributed by atoms with van der Waals surface area (Å²) in [5, 5.41) is 2.02. The van der Waals surface area contributed by atoms with Gasteiger partial charge in [0.25, 0.3) is 0 Å². The Hall–Kier alpha value is -1.36. The predicted octanol–water partition coefficient (Wildman–Crippen LogP) is 3.16. The Balaban J connectivity index is 1.84. The van der Waals surface area contributed by atoms with Crippen LogP contribution in [-0.4, -0.2) is 41.8 Å². The summed E-state index contributed by atoms with van der Waals surface area (Å²) in [6, 6.07) is 3.95. The second kappa shape index (κ2) is 6.63. The lowest BCUT2D eigenvalue weighted by Crippen LogP contribution is -2.50. The minimum Gasteiger partial charge on any atom is -0.342 e. The van der Waals surface area contributed by atoms with Crippen molar-refractivity contribution >= 4 is 23.2 Å². The Kier molecular flexibility index (Phi) is 4.76. The van der Waals surface area contributed by atoms with E-state index in [4.69, 9.17) is 0 Å². The van der Waals surface area contributed by atoms with E-state index in [1.807, 2.05) is 29.5 Å². The summed E-state index contributed by atoms with van der Waals surface area (Å²) in [7, 11) is 1.84. The lowest BCUT2D eigenvalue weighted by atomic mass is 9.85. The molecular formula is C18H26N2O2S. The molecule has 0 N–H and O–H groups in total. The summed E-state index contributed by atoms with van der Waals surface area (Å²) in [4.78, 5) is 30.3. The lowest BCUT2D eigenvalue weighted by Gasteiger charge is -2.42. The molecule has 3 rings (SSSR count). The van der Waals surface area contributed by atoms with Crippen LogP contribution >= 0.6 is 11.3 Å². The van der Waals surface area contributed by atoms with Gasteiger partial charge in [-0.3, -0.25) is 9.59 Å². The fourth-order valence-corrected chi connectivity index (χ4v) is 5.16. The van der Waals surface area contributed by atoms with Crippen LogP contribution in [0.3, 0.4) is 0 Å². The smallest absolute Gasteiger partial charge is 0.228 e. The number of thiophene rings is 1. The molecule has 0 spiro atoms. The number of hydrogen-bond donors (Lipinski definition) is 0. The molecule has 5 heteroatoms. The highest BCUT2D eigenvalue weighted by Gasteiger charge is 2.42. The molecule has 0 saturated carbocycles. The van der Waals surface area contributed by atoms with Crippen LogP contribution in [0.2, 0.25) is 0 Å². The molecular weight excluding hydrogens is 308 g/mol. The first-order chi connectivity index (χ1) is 11.0. The summed E-state index contributed by atoms with van der Waals surface area (Å²) >= 11 is 1.64. The van der Waals surface area contributed by atoms with Gasteiger partial charge in [-0.25, -0.2) is 0 Å². The van der Waals surface area contributed by atoms with E-state index < -0.39 is 0 Å². The quantitative estimate of drug-likeness (QED) is 0.833. The van der Waals surface area contributed by atoms with Crippen LogP contribution in [-0.2, 0) is 9.59 Å². The fraction of sp³-hybridized carbons (Fsp3) is 0.667. The van der Waals surface area contributed by atoms with Crippen LogP contribution in [0.1, 0.15) is 44.0 Å². The van der Waals surface area contributed by atoms with E-state index in [9.17, 15) is 9.59 Å². The van der Waals surface area contributed by atoms with Gasteiger partial charge in [-0.15, -0.1) is 11.3 Å². The highest BCUT2D eigenvalue weighted by atomic mass is 32.1. The molecule has 2 saturated heterocycles. The normalized spacial score (nSPS) is 32.2. The topological polar surface area (TPSA) is 40.6 Å². The Morgan fingerprint density at radius 2 is 1.96 bits per heavy atom. The third-order valence-corrected chi connectivity index (χ3v) is 6.14. The number of rotatable bonds is 2. The third kappa shape index (κ3) is 3.30. The van der Waals surface area contributed by atoms with Crippen LogP contribution in [0.4, 0.5) is 0 Å². The average molecular weight is 334 g/mol. The molecule has 0 radical (unpaired) electrons. The van der Waals surface area contributed by atoms with Gasteiger partial charge >= 0.3 is 0 Å². The van der Waals surface area contributed by atoms with Crippen molar-refractivity contribution in [3.8, 4) is 0 Å². The Labute approximate surface area is 142 Å². The Bertz CT molecular complexity index is 562. The molecule has 4 nitrogen and oxygen atoms in total. The summed E-state index contributed by atoms with van der Waals surface area (Å²) in [5.74, 6) is 1.40. The highest BCUT2D eigenvalue weighted by molar-refractivity contribution is 7.10. The van der Waals surface area contributed by atoms with Gasteiger partial charge < -0.3 is 9.80 Å². The standard InChI is InChI=1S/C18H26N2O2S/c1-12-9-13(2)11-20(10-12)18(22)14-6-7-16(21)19(3)17(14)15-5-4-8-23-15/h4-5,8,12-14,17H,6-7,9-11H2,1-3H3. The fourth-order valence-electron chi connectivity index (χ4n) is 4.22. The van der Waals surface area contributed by atoms with Crippen molar-refractivity contribution in [3.05, 3.63) is 22.4 Å². The monoisotopic (exact) mass is 334 g/mol. The van der Waals surface area contributed by atoms with Gasteiger partial charge in [-0.1, -0.05) is 19.9 Å². The highest BCUT2D eigenvalue weighted by Crippen LogP contribution is 2.39. The van der Waals surface area contributed by atoms with Gasteiger partial charge in [0.2, 0.25) is 11.8 Å². The molecule has 3 heterocycles. The number of likely N-dealkylation sites (tertiary alicyclic amines) is 2. The maximum Gasteiger partial charge on any atom is 0.228 e. The first-order valence-electron chi connectivity index (χ1n) is 8.55. The summed E-state index contributed by atoms with van der Waals surface area (Å²) in [6.07, 6.45) is 2.35. The van der Waals surface area contributed by atoms with E-state index in [1.165, 1.54) is 6.42 Å². The maximum atomic E-state index is 13.2. The molecule has 126 valence electrons. The van der Waals surface area contributed by atoms with Crippen molar-refractivity contribution in [2.24, 2.45) is 17.8 Å². The number of hydrogen-bond acceptors (Lipinski definition) is 3. The van der Waals surface area contributed by atoms with E-state index in [1.54, 1.807) is 16.2 Å². The van der Waals surface area contributed by atoms with Crippen LogP contribution in [0, 0.1) is 17.8 Å². The predicted molar refractivity (Wildman–Crippen MR) is 92.1 cm³/mol. The van der Waals surface area contributed by atoms with Crippen molar-refractivity contribution in [2.45, 2.75) is 39.2 Å². The van der Waals surface area contributed by atoms with Crippen molar-refractivity contribution in [2.75, 3.05) is 20.1 Å². The maximum absolute atomic E-state index is 13.2. The minimum absolute atomic E-state index is 0.101. The van der Waals surface area contributed by atoms with E-state index in [0.717, 1.165) is 18.0 Å². The zero-order valence-electron chi connectivity index (χ0n) is 14.2. The minimum atomic E-state index is -0.103. The number of amides is 2. The molecule has 1 aromatic rings. The molecule has 2 aliphatic heterocycles. The van der Waals surface area contributed by atoms with E-state index in [2.05, 4.69) is 13.8 Å². The summed E-state index contributed by atoms with van der Waals surface area (Å²) in [5.41, 5.74) is 0. The molecule has 2 amide bonds. The summed E-state index contributed by atoms with van der Waals surface area (Å²) in [6.45, 7) is 6.16. The van der Waals surface area contributed by atoms with E-state index >= 15 is 0 Å². The Morgan fingerprint density at radius 3 is 2.57 bits per heavy atom. The largest absolute Gasteiger partial charge is 0.342 e. The van der Waals surface area contributed by atoms with Gasteiger partial charge in [0.15, 0.2) is 0 Å². The first-order valence-corrected chi connectivity index (χ1v) is 9.43. The third-order valence-electron chi connectivity index (χ3n) is 5.19. The van der Waals surface area contributed by atoms with Gasteiger partial charge in [-0.05, 0) is 36.1 Å². The summed E-state index contributed by atoms with van der Waals surface area (Å²) < 4.78 is 0. The molecule has 23 heavy (non-hydrogen) atoms. The SMILES string of the molecule is CC1CC(C)CN(C(=O)C2CCC(=O)N(C)C2c2cccs2)C1. The molecule has 2 aliphatic rings. The van der Waals surface area contributed by atoms with Crippen LogP contribution < -0.4 is 0 Å². The second-order valence-corrected chi connectivity index (χ2v) is 8.28. The van der Waals surface area contributed by atoms with E-state index in [0.29, 0.717) is 24.7 Å². The van der Waals surface area contributed by atoms with Gasteiger partial charge in [0.05, 0.1) is 12.0 Å². The number of carbonyl (C=O) groups is 2.